The molecule has 1 aliphatic rings. The Morgan fingerprint density at radius 3 is 2.75 bits per heavy atom. The molecule has 0 radical (unpaired) electrons. The molecule has 1 aliphatic carbocycles. The topological polar surface area (TPSA) is 87.7 Å². The number of aliphatic carboxylic acids is 1. The maximum absolute atomic E-state index is 11.6. The van der Waals surface area contributed by atoms with Crippen molar-refractivity contribution in [1.82, 2.24) is 10.6 Å². The van der Waals surface area contributed by atoms with Crippen LogP contribution in [-0.2, 0) is 9.53 Å². The van der Waals surface area contributed by atoms with Crippen LogP contribution in [0.5, 0.6) is 0 Å². The number of hydrogen-bond acceptors (Lipinski definition) is 3. The number of nitrogens with one attached hydrogen (secondary N) is 2. The average molecular weight is 286 g/mol. The summed E-state index contributed by atoms with van der Waals surface area (Å²) >= 11 is 0. The molecule has 0 aromatic heterocycles. The summed E-state index contributed by atoms with van der Waals surface area (Å²) in [5, 5.41) is 14.0. The fourth-order valence-electron chi connectivity index (χ4n) is 2.76. The number of carboxylic acid groups (broad SMARTS) is 1. The maximum atomic E-state index is 11.6. The van der Waals surface area contributed by atoms with Gasteiger partial charge in [0.15, 0.2) is 6.04 Å². The molecule has 3 atom stereocenters. The van der Waals surface area contributed by atoms with Crippen LogP contribution in [0, 0.1) is 11.8 Å². The van der Waals surface area contributed by atoms with Crippen LogP contribution in [0.25, 0.3) is 0 Å². The highest BCUT2D eigenvalue weighted by atomic mass is 16.5. The Kier molecular flexibility index (Phi) is 7.36. The minimum atomic E-state index is -1.09. The molecule has 2 amide bonds. The van der Waals surface area contributed by atoms with Crippen LogP contribution in [0.1, 0.15) is 39.0 Å². The molecule has 1 rings (SSSR count). The lowest BCUT2D eigenvalue weighted by atomic mass is 9.81. The Balaban J connectivity index is 2.20. The van der Waals surface area contributed by atoms with Gasteiger partial charge in [0.1, 0.15) is 0 Å². The zero-order chi connectivity index (χ0) is 15.0. The second-order valence-electron chi connectivity index (χ2n) is 5.67. The van der Waals surface area contributed by atoms with Gasteiger partial charge in [0.2, 0.25) is 0 Å². The Labute approximate surface area is 120 Å². The zero-order valence-corrected chi connectivity index (χ0v) is 12.4. The van der Waals surface area contributed by atoms with Gasteiger partial charge < -0.3 is 20.5 Å². The first-order valence-electron chi connectivity index (χ1n) is 7.29. The van der Waals surface area contributed by atoms with Crippen LogP contribution in [-0.4, -0.2) is 43.4 Å². The summed E-state index contributed by atoms with van der Waals surface area (Å²) in [5.74, 6) is 0.358. The van der Waals surface area contributed by atoms with Crippen molar-refractivity contribution in [2.75, 3.05) is 20.3 Å². The second kappa shape index (κ2) is 8.79. The molecule has 0 aliphatic heterocycles. The fourth-order valence-corrected chi connectivity index (χ4v) is 2.76. The number of amides is 2. The standard InChI is InChI=1S/C14H26N2O4/c1-10-4-3-5-11(8-10)6-7-15-14(19)16-12(9-20-2)13(17)18/h10-12H,3-9H2,1-2H3,(H,17,18)(H2,15,16,19). The third-order valence-electron chi connectivity index (χ3n) is 3.82. The first kappa shape index (κ1) is 16.8. The smallest absolute Gasteiger partial charge is 0.328 e. The van der Waals surface area contributed by atoms with Gasteiger partial charge in [-0.3, -0.25) is 0 Å². The molecule has 0 aromatic carbocycles. The predicted octanol–water partition coefficient (Wildman–Crippen LogP) is 1.60. The minimum absolute atomic E-state index is 0.0388. The highest BCUT2D eigenvalue weighted by Gasteiger charge is 2.21. The summed E-state index contributed by atoms with van der Waals surface area (Å²) in [6, 6.07) is -1.45. The van der Waals surface area contributed by atoms with E-state index < -0.39 is 18.0 Å². The van der Waals surface area contributed by atoms with Crippen LogP contribution >= 0.6 is 0 Å². The van der Waals surface area contributed by atoms with Crippen LogP contribution in [0.4, 0.5) is 4.79 Å². The van der Waals surface area contributed by atoms with Crippen molar-refractivity contribution in [2.45, 2.75) is 45.1 Å². The summed E-state index contributed by atoms with van der Waals surface area (Å²) < 4.78 is 4.75. The summed E-state index contributed by atoms with van der Waals surface area (Å²) in [6.07, 6.45) is 5.99. The van der Waals surface area contributed by atoms with Gasteiger partial charge in [0.25, 0.3) is 0 Å². The van der Waals surface area contributed by atoms with Crippen molar-refractivity contribution in [2.24, 2.45) is 11.8 Å². The zero-order valence-electron chi connectivity index (χ0n) is 12.4. The molecule has 6 nitrogen and oxygen atoms in total. The summed E-state index contributed by atoms with van der Waals surface area (Å²) in [7, 11) is 1.40. The van der Waals surface area contributed by atoms with Gasteiger partial charge >= 0.3 is 12.0 Å². The molecule has 0 saturated heterocycles. The lowest BCUT2D eigenvalue weighted by Crippen LogP contribution is -2.48. The van der Waals surface area contributed by atoms with E-state index in [1.54, 1.807) is 0 Å². The molecular formula is C14H26N2O4. The van der Waals surface area contributed by atoms with Gasteiger partial charge in [0, 0.05) is 13.7 Å². The van der Waals surface area contributed by atoms with Gasteiger partial charge in [0.05, 0.1) is 6.61 Å². The molecule has 0 aromatic rings. The number of carbonyl (C=O) groups excluding carboxylic acids is 1. The predicted molar refractivity (Wildman–Crippen MR) is 75.6 cm³/mol. The van der Waals surface area contributed by atoms with Crippen molar-refractivity contribution < 1.29 is 19.4 Å². The minimum Gasteiger partial charge on any atom is -0.480 e. The number of hydrogen-bond donors (Lipinski definition) is 3. The van der Waals surface area contributed by atoms with Crippen LogP contribution in [0.15, 0.2) is 0 Å². The second-order valence-corrected chi connectivity index (χ2v) is 5.67. The van der Waals surface area contributed by atoms with Crippen molar-refractivity contribution >= 4 is 12.0 Å². The monoisotopic (exact) mass is 286 g/mol. The van der Waals surface area contributed by atoms with Gasteiger partial charge in [-0.1, -0.05) is 26.2 Å². The first-order chi connectivity index (χ1) is 9.52. The van der Waals surface area contributed by atoms with E-state index >= 15 is 0 Å². The molecule has 3 N–H and O–H groups in total. The molecular weight excluding hydrogens is 260 g/mol. The van der Waals surface area contributed by atoms with Crippen molar-refractivity contribution in [3.8, 4) is 0 Å². The van der Waals surface area contributed by atoms with E-state index in [-0.39, 0.29) is 6.61 Å². The van der Waals surface area contributed by atoms with E-state index in [2.05, 4.69) is 17.6 Å². The average Bonchev–Trinajstić information content (AvgIpc) is 2.38. The SMILES string of the molecule is COCC(NC(=O)NCCC1CCCC(C)C1)C(=O)O. The van der Waals surface area contributed by atoms with E-state index in [0.29, 0.717) is 12.5 Å². The van der Waals surface area contributed by atoms with E-state index in [0.717, 1.165) is 12.3 Å². The molecule has 1 saturated carbocycles. The first-order valence-corrected chi connectivity index (χ1v) is 7.29. The Morgan fingerprint density at radius 2 is 2.15 bits per heavy atom. The number of carbonyl (C=O) groups is 2. The highest BCUT2D eigenvalue weighted by molar-refractivity contribution is 5.82. The number of methoxy groups -OCH3 is 1. The van der Waals surface area contributed by atoms with Crippen LogP contribution < -0.4 is 10.6 Å². The van der Waals surface area contributed by atoms with Gasteiger partial charge in [-0.05, 0) is 24.7 Å². The molecule has 6 heteroatoms. The maximum Gasteiger partial charge on any atom is 0.328 e. The van der Waals surface area contributed by atoms with Crippen molar-refractivity contribution in [3.05, 3.63) is 0 Å². The van der Waals surface area contributed by atoms with E-state index in [1.807, 2.05) is 0 Å². The number of urea groups is 1. The molecule has 20 heavy (non-hydrogen) atoms. The van der Waals surface area contributed by atoms with Crippen LogP contribution in [0.3, 0.4) is 0 Å². The molecule has 116 valence electrons. The number of carboxylic acids is 1. The number of ether oxygens (including phenoxy) is 1. The van der Waals surface area contributed by atoms with Crippen molar-refractivity contribution in [3.63, 3.8) is 0 Å². The quantitative estimate of drug-likeness (QED) is 0.663. The van der Waals surface area contributed by atoms with Gasteiger partial charge in [-0.15, -0.1) is 0 Å². The summed E-state index contributed by atoms with van der Waals surface area (Å²) in [6.45, 7) is 2.82. The van der Waals surface area contributed by atoms with E-state index in [1.165, 1.54) is 32.8 Å². The van der Waals surface area contributed by atoms with Gasteiger partial charge in [-0.2, -0.15) is 0 Å². The third kappa shape index (κ3) is 6.23. The summed E-state index contributed by atoms with van der Waals surface area (Å²) in [4.78, 5) is 22.5. The fraction of sp³-hybridized carbons (Fsp3) is 0.857. The largest absolute Gasteiger partial charge is 0.480 e. The van der Waals surface area contributed by atoms with Crippen molar-refractivity contribution in [1.29, 1.82) is 0 Å². The van der Waals surface area contributed by atoms with Crippen LogP contribution in [0.2, 0.25) is 0 Å². The lowest BCUT2D eigenvalue weighted by Gasteiger charge is -2.26. The molecule has 1 fully saturated rings. The normalized spacial score (nSPS) is 23.9. The molecule has 0 bridgehead atoms. The molecule has 0 spiro atoms. The summed E-state index contributed by atoms with van der Waals surface area (Å²) in [5.41, 5.74) is 0. The van der Waals surface area contributed by atoms with E-state index in [9.17, 15) is 9.59 Å². The Hall–Kier alpha value is -1.30. The molecule has 3 unspecified atom stereocenters. The van der Waals surface area contributed by atoms with Gasteiger partial charge in [-0.25, -0.2) is 9.59 Å². The highest BCUT2D eigenvalue weighted by Crippen LogP contribution is 2.30. The number of rotatable bonds is 7. The van der Waals surface area contributed by atoms with E-state index in [4.69, 9.17) is 9.84 Å². The lowest BCUT2D eigenvalue weighted by molar-refractivity contribution is -0.140. The third-order valence-corrected chi connectivity index (χ3v) is 3.82. The Bertz CT molecular complexity index is 322. The molecule has 0 heterocycles. The Morgan fingerprint density at radius 1 is 1.40 bits per heavy atom.